The Hall–Kier alpha value is -0.940. The van der Waals surface area contributed by atoms with Gasteiger partial charge >= 0.3 is 0 Å². The molecular weight excluding hydrogens is 206 g/mol. The van der Waals surface area contributed by atoms with Crippen LogP contribution in [0, 0.1) is 0 Å². The lowest BCUT2D eigenvalue weighted by Gasteiger charge is -2.09. The molecule has 90 valence electrons. The zero-order chi connectivity index (χ0) is 11.4. The molecule has 0 bridgehead atoms. The molecule has 0 saturated carbocycles. The summed E-state index contributed by atoms with van der Waals surface area (Å²) in [6.07, 6.45) is 3.08. The first-order chi connectivity index (χ1) is 7.85. The highest BCUT2D eigenvalue weighted by atomic mass is 16.5. The molecule has 0 amide bonds. The summed E-state index contributed by atoms with van der Waals surface area (Å²) in [6.45, 7) is 5.74. The normalized spacial score (nSPS) is 22.5. The molecule has 1 aliphatic heterocycles. The van der Waals surface area contributed by atoms with Crippen LogP contribution in [0.5, 0.6) is 0 Å². The Morgan fingerprint density at radius 1 is 1.56 bits per heavy atom. The molecule has 2 atom stereocenters. The Morgan fingerprint density at radius 3 is 3.06 bits per heavy atom. The van der Waals surface area contributed by atoms with Crippen LogP contribution in [0.3, 0.4) is 0 Å². The molecule has 16 heavy (non-hydrogen) atoms. The fourth-order valence-electron chi connectivity index (χ4n) is 1.99. The van der Waals surface area contributed by atoms with Crippen molar-refractivity contribution in [2.45, 2.75) is 45.3 Å². The summed E-state index contributed by atoms with van der Waals surface area (Å²) < 4.78 is 10.8. The minimum absolute atomic E-state index is 0.0381. The molecular formula is C11H19N3O2. The number of hydrogen-bond acceptors (Lipinski definition) is 5. The Morgan fingerprint density at radius 2 is 2.44 bits per heavy atom. The van der Waals surface area contributed by atoms with E-state index in [0.29, 0.717) is 18.3 Å². The first-order valence-corrected chi connectivity index (χ1v) is 6.03. The van der Waals surface area contributed by atoms with Gasteiger partial charge in [-0.3, -0.25) is 0 Å². The van der Waals surface area contributed by atoms with Crippen molar-refractivity contribution in [3.05, 3.63) is 11.7 Å². The number of nitrogens with zero attached hydrogens (tertiary/aromatic N) is 2. The number of hydrogen-bond donors (Lipinski definition) is 1. The Bertz CT molecular complexity index is 321. The van der Waals surface area contributed by atoms with E-state index in [1.165, 1.54) is 6.42 Å². The van der Waals surface area contributed by atoms with Crippen LogP contribution in [0.25, 0.3) is 0 Å². The van der Waals surface area contributed by atoms with Crippen LogP contribution in [-0.4, -0.2) is 23.3 Å². The van der Waals surface area contributed by atoms with E-state index in [-0.39, 0.29) is 12.1 Å². The van der Waals surface area contributed by atoms with E-state index in [0.717, 1.165) is 19.4 Å². The highest BCUT2D eigenvalue weighted by Crippen LogP contribution is 2.24. The van der Waals surface area contributed by atoms with Crippen LogP contribution in [-0.2, 0) is 4.74 Å². The molecule has 2 rings (SSSR count). The van der Waals surface area contributed by atoms with Crippen molar-refractivity contribution < 1.29 is 9.26 Å². The largest absolute Gasteiger partial charge is 0.370 e. The van der Waals surface area contributed by atoms with Crippen molar-refractivity contribution in [3.8, 4) is 0 Å². The van der Waals surface area contributed by atoms with Crippen molar-refractivity contribution in [2.24, 2.45) is 0 Å². The third kappa shape index (κ3) is 2.41. The van der Waals surface area contributed by atoms with Crippen molar-refractivity contribution in [1.82, 2.24) is 15.5 Å². The van der Waals surface area contributed by atoms with Gasteiger partial charge in [-0.1, -0.05) is 12.1 Å². The fourth-order valence-corrected chi connectivity index (χ4v) is 1.99. The Kier molecular flexibility index (Phi) is 3.90. The fraction of sp³-hybridized carbons (Fsp3) is 0.818. The zero-order valence-corrected chi connectivity index (χ0v) is 9.90. The smallest absolute Gasteiger partial charge is 0.243 e. The summed E-state index contributed by atoms with van der Waals surface area (Å²) in [7, 11) is 0. The topological polar surface area (TPSA) is 60.2 Å². The molecule has 2 heterocycles. The average Bonchev–Trinajstić information content (AvgIpc) is 2.95. The zero-order valence-electron chi connectivity index (χ0n) is 9.90. The van der Waals surface area contributed by atoms with E-state index >= 15 is 0 Å². The van der Waals surface area contributed by atoms with Gasteiger partial charge in [0.15, 0.2) is 0 Å². The number of nitrogens with one attached hydrogen (secondary N) is 1. The van der Waals surface area contributed by atoms with Gasteiger partial charge in [0, 0.05) is 6.61 Å². The van der Waals surface area contributed by atoms with Gasteiger partial charge in [0.05, 0.1) is 6.04 Å². The molecule has 0 radical (unpaired) electrons. The van der Waals surface area contributed by atoms with E-state index in [1.807, 2.05) is 6.92 Å². The van der Waals surface area contributed by atoms with Crippen LogP contribution in [0.4, 0.5) is 0 Å². The maximum Gasteiger partial charge on any atom is 0.243 e. The van der Waals surface area contributed by atoms with Crippen molar-refractivity contribution in [3.63, 3.8) is 0 Å². The third-order valence-corrected chi connectivity index (χ3v) is 2.84. The van der Waals surface area contributed by atoms with E-state index in [1.54, 1.807) is 0 Å². The molecule has 0 spiro atoms. The first kappa shape index (κ1) is 11.5. The highest BCUT2D eigenvalue weighted by Gasteiger charge is 2.24. The summed E-state index contributed by atoms with van der Waals surface area (Å²) in [5.41, 5.74) is 0. The minimum atomic E-state index is -0.0381. The van der Waals surface area contributed by atoms with Gasteiger partial charge in [-0.2, -0.15) is 4.98 Å². The molecule has 5 heteroatoms. The van der Waals surface area contributed by atoms with Gasteiger partial charge in [-0.15, -0.1) is 0 Å². The van der Waals surface area contributed by atoms with E-state index in [4.69, 9.17) is 9.26 Å². The number of ether oxygens (including phenoxy) is 1. The van der Waals surface area contributed by atoms with Crippen molar-refractivity contribution in [1.29, 1.82) is 0 Å². The number of rotatable bonds is 5. The van der Waals surface area contributed by atoms with Crippen molar-refractivity contribution in [2.75, 3.05) is 13.2 Å². The molecule has 0 aromatic carbocycles. The first-order valence-electron chi connectivity index (χ1n) is 6.03. The van der Waals surface area contributed by atoms with Crippen LogP contribution in [0.2, 0.25) is 0 Å². The average molecular weight is 225 g/mol. The summed E-state index contributed by atoms with van der Waals surface area (Å²) in [5.74, 6) is 1.37. The molecule has 1 aromatic rings. The maximum atomic E-state index is 5.55. The van der Waals surface area contributed by atoms with Crippen molar-refractivity contribution >= 4 is 0 Å². The second kappa shape index (κ2) is 5.41. The van der Waals surface area contributed by atoms with Gasteiger partial charge in [0.25, 0.3) is 0 Å². The lowest BCUT2D eigenvalue weighted by Crippen LogP contribution is -2.13. The van der Waals surface area contributed by atoms with Gasteiger partial charge in [-0.25, -0.2) is 0 Å². The summed E-state index contributed by atoms with van der Waals surface area (Å²) in [5, 5.41) is 7.34. The van der Waals surface area contributed by atoms with Crippen LogP contribution in [0.15, 0.2) is 4.52 Å². The van der Waals surface area contributed by atoms with Gasteiger partial charge < -0.3 is 14.6 Å². The van der Waals surface area contributed by atoms with Gasteiger partial charge in [0.2, 0.25) is 11.7 Å². The minimum Gasteiger partial charge on any atom is -0.370 e. The summed E-state index contributed by atoms with van der Waals surface area (Å²) in [6, 6.07) is 0.236. The second-order valence-corrected chi connectivity index (χ2v) is 3.99. The Labute approximate surface area is 95.6 Å². The Balaban J connectivity index is 2.05. The van der Waals surface area contributed by atoms with Gasteiger partial charge in [0.1, 0.15) is 6.10 Å². The van der Waals surface area contributed by atoms with E-state index in [2.05, 4.69) is 22.4 Å². The highest BCUT2D eigenvalue weighted by molar-refractivity contribution is 4.97. The van der Waals surface area contributed by atoms with Crippen LogP contribution >= 0.6 is 0 Å². The lowest BCUT2D eigenvalue weighted by atomic mass is 10.2. The summed E-state index contributed by atoms with van der Waals surface area (Å²) in [4.78, 5) is 4.42. The molecule has 1 fully saturated rings. The SMILES string of the molecule is CCOC(CC)c1noc([C@H]2CCCN2)n1. The quantitative estimate of drug-likeness (QED) is 0.830. The molecule has 1 saturated heterocycles. The van der Waals surface area contributed by atoms with E-state index in [9.17, 15) is 0 Å². The van der Waals surface area contributed by atoms with Crippen LogP contribution < -0.4 is 5.32 Å². The molecule has 1 aliphatic rings. The predicted molar refractivity (Wildman–Crippen MR) is 58.9 cm³/mol. The molecule has 0 aliphatic carbocycles. The lowest BCUT2D eigenvalue weighted by molar-refractivity contribution is 0.0518. The third-order valence-electron chi connectivity index (χ3n) is 2.84. The second-order valence-electron chi connectivity index (χ2n) is 3.99. The standard InChI is InChI=1S/C11H19N3O2/c1-3-9(15-4-2)10-13-11(16-14-10)8-6-5-7-12-8/h8-9,12H,3-7H2,1-2H3/t8-,9?/m1/s1. The monoisotopic (exact) mass is 225 g/mol. The van der Waals surface area contributed by atoms with Crippen LogP contribution in [0.1, 0.15) is 57.0 Å². The summed E-state index contributed by atoms with van der Waals surface area (Å²) >= 11 is 0. The predicted octanol–water partition coefficient (Wildman–Crippen LogP) is 1.98. The number of aromatic nitrogens is 2. The van der Waals surface area contributed by atoms with E-state index < -0.39 is 0 Å². The molecule has 5 nitrogen and oxygen atoms in total. The maximum absolute atomic E-state index is 5.55. The molecule has 1 unspecified atom stereocenters. The molecule has 1 N–H and O–H groups in total. The molecule has 1 aromatic heterocycles. The van der Waals surface area contributed by atoms with Gasteiger partial charge in [-0.05, 0) is 32.7 Å².